The maximum absolute atomic E-state index is 5.79. The minimum atomic E-state index is -0.0672. The van der Waals surface area contributed by atoms with E-state index in [1.807, 2.05) is 66.9 Å². The number of ether oxygens (including phenoxy) is 1. The lowest BCUT2D eigenvalue weighted by Crippen LogP contribution is -2.29. The molecule has 0 aliphatic carbocycles. The molecule has 1 fully saturated rings. The van der Waals surface area contributed by atoms with Crippen molar-refractivity contribution in [2.24, 2.45) is 0 Å². The Hall–Kier alpha value is -3.64. The van der Waals surface area contributed by atoms with Gasteiger partial charge >= 0.3 is 0 Å². The third-order valence-electron chi connectivity index (χ3n) is 5.56. The van der Waals surface area contributed by atoms with Gasteiger partial charge in [-0.2, -0.15) is 0 Å². The lowest BCUT2D eigenvalue weighted by Gasteiger charge is -2.27. The number of hydrogen-bond acceptors (Lipinski definition) is 3. The van der Waals surface area contributed by atoms with E-state index in [1.165, 1.54) is 0 Å². The second kappa shape index (κ2) is 8.24. The summed E-state index contributed by atoms with van der Waals surface area (Å²) in [5.74, 6) is 0.815. The highest BCUT2D eigenvalue weighted by Gasteiger charge is 2.41. The summed E-state index contributed by atoms with van der Waals surface area (Å²) in [4.78, 5) is 6.78. The first-order chi connectivity index (χ1) is 15.2. The van der Waals surface area contributed by atoms with Crippen LogP contribution in [0.1, 0.15) is 23.3 Å². The average Bonchev–Trinajstić information content (AvgIpc) is 3.45. The first-order valence-corrected chi connectivity index (χ1v) is 10.5. The molecule has 0 radical (unpaired) electrons. The van der Waals surface area contributed by atoms with Gasteiger partial charge in [0, 0.05) is 30.0 Å². The molecule has 154 valence electrons. The lowest BCUT2D eigenvalue weighted by molar-refractivity contribution is 0.415. The van der Waals surface area contributed by atoms with Crippen LogP contribution in [0.4, 0.5) is 5.69 Å². The number of pyridine rings is 1. The minimum absolute atomic E-state index is 0.0410. The Morgan fingerprint density at radius 3 is 2.39 bits per heavy atom. The molecule has 0 spiro atoms. The Morgan fingerprint density at radius 1 is 0.903 bits per heavy atom. The average molecular weight is 427 g/mol. The summed E-state index contributed by atoms with van der Waals surface area (Å²) in [5, 5.41) is 4.18. The first-order valence-electron chi connectivity index (χ1n) is 10.1. The van der Waals surface area contributed by atoms with Crippen LogP contribution >= 0.6 is 12.2 Å². The molecule has 1 N–H and O–H groups in total. The zero-order valence-corrected chi connectivity index (χ0v) is 17.9. The molecule has 1 aliphatic rings. The molecule has 0 bridgehead atoms. The molecule has 1 saturated heterocycles. The van der Waals surface area contributed by atoms with E-state index < -0.39 is 0 Å². The van der Waals surface area contributed by atoms with E-state index in [4.69, 9.17) is 17.0 Å². The number of benzene rings is 2. The molecule has 1 aliphatic heterocycles. The SMILES string of the molecule is COc1ccc(N2C(=S)NC(c3ccccn3)C2c2ccn(-c3ccccc3)c2)cc1. The van der Waals surface area contributed by atoms with E-state index in [0.29, 0.717) is 5.11 Å². The van der Waals surface area contributed by atoms with Crippen molar-refractivity contribution in [1.82, 2.24) is 14.9 Å². The molecule has 5 nitrogen and oxygen atoms in total. The van der Waals surface area contributed by atoms with Gasteiger partial charge in [-0.15, -0.1) is 0 Å². The van der Waals surface area contributed by atoms with Crippen molar-refractivity contribution in [3.63, 3.8) is 0 Å². The van der Waals surface area contributed by atoms with E-state index >= 15 is 0 Å². The van der Waals surface area contributed by atoms with Crippen LogP contribution in [0.15, 0.2) is 97.5 Å². The summed E-state index contributed by atoms with van der Waals surface area (Å²) in [6.45, 7) is 0. The monoisotopic (exact) mass is 426 g/mol. The van der Waals surface area contributed by atoms with Crippen molar-refractivity contribution >= 4 is 23.0 Å². The lowest BCUT2D eigenvalue weighted by atomic mass is 9.98. The third kappa shape index (κ3) is 3.66. The molecular formula is C25H22N4OS. The largest absolute Gasteiger partial charge is 0.497 e. The van der Waals surface area contributed by atoms with Crippen molar-refractivity contribution in [3.8, 4) is 11.4 Å². The highest BCUT2D eigenvalue weighted by Crippen LogP contribution is 2.42. The first kappa shape index (κ1) is 19.3. The Morgan fingerprint density at radius 2 is 1.68 bits per heavy atom. The summed E-state index contributed by atoms with van der Waals surface area (Å²) in [6.07, 6.45) is 6.08. The van der Waals surface area contributed by atoms with Gasteiger partial charge in [-0.25, -0.2) is 0 Å². The summed E-state index contributed by atoms with van der Waals surface area (Å²) in [5.41, 5.74) is 4.24. The molecule has 2 aromatic heterocycles. The van der Waals surface area contributed by atoms with Gasteiger partial charge in [0.2, 0.25) is 0 Å². The van der Waals surface area contributed by atoms with Gasteiger partial charge in [0.1, 0.15) is 5.75 Å². The van der Waals surface area contributed by atoms with Crippen molar-refractivity contribution in [3.05, 3.63) is 109 Å². The Kier molecular flexibility index (Phi) is 5.14. The van der Waals surface area contributed by atoms with Gasteiger partial charge in [-0.05, 0) is 72.4 Å². The van der Waals surface area contributed by atoms with Crippen LogP contribution in [0.5, 0.6) is 5.75 Å². The number of anilines is 1. The number of nitrogens with zero attached hydrogens (tertiary/aromatic N) is 3. The molecule has 2 unspecified atom stereocenters. The number of aromatic nitrogens is 2. The van der Waals surface area contributed by atoms with E-state index in [9.17, 15) is 0 Å². The zero-order chi connectivity index (χ0) is 21.2. The molecule has 6 heteroatoms. The van der Waals surface area contributed by atoms with Crippen LogP contribution in [-0.2, 0) is 0 Å². The Balaban J connectivity index is 1.58. The molecule has 31 heavy (non-hydrogen) atoms. The minimum Gasteiger partial charge on any atom is -0.497 e. The van der Waals surface area contributed by atoms with Crippen molar-refractivity contribution in [1.29, 1.82) is 0 Å². The van der Waals surface area contributed by atoms with E-state index in [2.05, 4.69) is 50.4 Å². The van der Waals surface area contributed by atoms with Crippen LogP contribution < -0.4 is 15.0 Å². The highest BCUT2D eigenvalue weighted by atomic mass is 32.1. The Bertz CT molecular complexity index is 1180. The van der Waals surface area contributed by atoms with Gasteiger partial charge in [-0.1, -0.05) is 24.3 Å². The van der Waals surface area contributed by atoms with Gasteiger partial charge in [-0.3, -0.25) is 4.98 Å². The topological polar surface area (TPSA) is 42.3 Å². The van der Waals surface area contributed by atoms with Gasteiger partial charge < -0.3 is 19.5 Å². The molecule has 2 aromatic carbocycles. The quantitative estimate of drug-likeness (QED) is 0.452. The molecule has 5 rings (SSSR count). The second-order valence-electron chi connectivity index (χ2n) is 7.38. The summed E-state index contributed by atoms with van der Waals surface area (Å²) < 4.78 is 7.47. The number of methoxy groups -OCH3 is 1. The third-order valence-corrected chi connectivity index (χ3v) is 5.87. The highest BCUT2D eigenvalue weighted by molar-refractivity contribution is 7.80. The van der Waals surface area contributed by atoms with E-state index in [0.717, 1.165) is 28.4 Å². The molecule has 3 heterocycles. The Labute approximate surface area is 186 Å². The van der Waals surface area contributed by atoms with E-state index in [-0.39, 0.29) is 12.1 Å². The number of thiocarbonyl (C=S) groups is 1. The van der Waals surface area contributed by atoms with Gasteiger partial charge in [0.25, 0.3) is 0 Å². The van der Waals surface area contributed by atoms with Crippen LogP contribution in [0.3, 0.4) is 0 Å². The molecule has 0 amide bonds. The normalized spacial score (nSPS) is 18.1. The van der Waals surface area contributed by atoms with Gasteiger partial charge in [0.05, 0.1) is 24.9 Å². The van der Waals surface area contributed by atoms with Crippen LogP contribution in [-0.4, -0.2) is 21.8 Å². The second-order valence-corrected chi connectivity index (χ2v) is 7.77. The van der Waals surface area contributed by atoms with Crippen LogP contribution in [0, 0.1) is 0 Å². The van der Waals surface area contributed by atoms with Crippen LogP contribution in [0.25, 0.3) is 5.69 Å². The number of hydrogen-bond donors (Lipinski definition) is 1. The standard InChI is InChI=1S/C25H22N4OS/c1-30-21-12-10-20(11-13-21)29-24(23(27-25(29)31)22-9-5-6-15-26-22)18-14-16-28(17-18)19-7-3-2-4-8-19/h2-17,23-24H,1H3,(H,27,31). The zero-order valence-electron chi connectivity index (χ0n) is 17.1. The summed E-state index contributed by atoms with van der Waals surface area (Å²) in [7, 11) is 1.67. The number of nitrogens with one attached hydrogen (secondary N) is 1. The molecule has 0 saturated carbocycles. The predicted octanol–water partition coefficient (Wildman–Crippen LogP) is 5.06. The maximum Gasteiger partial charge on any atom is 0.174 e. The van der Waals surface area contributed by atoms with Crippen molar-refractivity contribution < 1.29 is 4.74 Å². The fourth-order valence-corrected chi connectivity index (χ4v) is 4.41. The predicted molar refractivity (Wildman–Crippen MR) is 127 cm³/mol. The fourth-order valence-electron chi connectivity index (χ4n) is 4.06. The van der Waals surface area contributed by atoms with Crippen molar-refractivity contribution in [2.75, 3.05) is 12.0 Å². The number of rotatable bonds is 5. The van der Waals surface area contributed by atoms with Gasteiger partial charge in [0.15, 0.2) is 5.11 Å². The number of para-hydroxylation sites is 1. The van der Waals surface area contributed by atoms with Crippen molar-refractivity contribution in [2.45, 2.75) is 12.1 Å². The molecule has 2 atom stereocenters. The van der Waals surface area contributed by atoms with Crippen LogP contribution in [0.2, 0.25) is 0 Å². The molecule has 4 aromatic rings. The summed E-state index contributed by atoms with van der Waals surface area (Å²) >= 11 is 5.79. The fraction of sp³-hybridized carbons (Fsp3) is 0.120. The smallest absolute Gasteiger partial charge is 0.174 e. The molecular weight excluding hydrogens is 404 g/mol. The van der Waals surface area contributed by atoms with E-state index in [1.54, 1.807) is 7.11 Å². The maximum atomic E-state index is 5.79. The summed E-state index contributed by atoms with van der Waals surface area (Å²) in [6, 6.07) is 26.3.